The van der Waals surface area contributed by atoms with Crippen molar-refractivity contribution in [1.29, 1.82) is 0 Å². The van der Waals surface area contributed by atoms with Crippen LogP contribution in [0.4, 0.5) is 0 Å². The van der Waals surface area contributed by atoms with Gasteiger partial charge in [0.25, 0.3) is 0 Å². The van der Waals surface area contributed by atoms with E-state index in [1.165, 1.54) is 0 Å². The summed E-state index contributed by atoms with van der Waals surface area (Å²) >= 11 is 5.77. The number of hydrogen-bond acceptors (Lipinski definition) is 2. The highest BCUT2D eigenvalue weighted by atomic mass is 35.5. The van der Waals surface area contributed by atoms with Gasteiger partial charge in [0.05, 0.1) is 17.6 Å². The van der Waals surface area contributed by atoms with Gasteiger partial charge >= 0.3 is 0 Å². The van der Waals surface area contributed by atoms with Crippen molar-refractivity contribution in [2.75, 3.05) is 6.61 Å². The zero-order chi connectivity index (χ0) is 7.07. The van der Waals surface area contributed by atoms with Gasteiger partial charge in [-0.15, -0.1) is 11.6 Å². The maximum Gasteiger partial charge on any atom is 0.111 e. The van der Waals surface area contributed by atoms with Crippen LogP contribution in [0.25, 0.3) is 0 Å². The standard InChI is InChI=1S/C5H8BClO2/c1-5(7)3(8)2-9-4(5)6/h3-4,8H,2H2,1H3/t3-,4-,5-/m1/s1. The largest absolute Gasteiger partial charge is 0.389 e. The maximum atomic E-state index is 9.09. The zero-order valence-corrected chi connectivity index (χ0v) is 5.93. The van der Waals surface area contributed by atoms with Crippen LogP contribution in [0.15, 0.2) is 0 Å². The summed E-state index contributed by atoms with van der Waals surface area (Å²) in [6, 6.07) is -0.547. The monoisotopic (exact) mass is 146 g/mol. The molecule has 1 aliphatic heterocycles. The fourth-order valence-electron chi connectivity index (χ4n) is 0.710. The predicted octanol–water partition coefficient (Wildman–Crippen LogP) is -0.130. The molecule has 0 bridgehead atoms. The van der Waals surface area contributed by atoms with Gasteiger partial charge in [0.2, 0.25) is 0 Å². The van der Waals surface area contributed by atoms with Crippen molar-refractivity contribution in [2.24, 2.45) is 0 Å². The minimum atomic E-state index is -0.806. The first-order chi connectivity index (χ1) is 4.05. The van der Waals surface area contributed by atoms with Crippen LogP contribution in [-0.2, 0) is 4.74 Å². The summed E-state index contributed by atoms with van der Waals surface area (Å²) in [6.45, 7) is 1.90. The Balaban J connectivity index is 2.66. The lowest BCUT2D eigenvalue weighted by Gasteiger charge is -2.22. The van der Waals surface area contributed by atoms with Crippen molar-refractivity contribution in [3.05, 3.63) is 0 Å². The molecule has 50 valence electrons. The third kappa shape index (κ3) is 1.09. The lowest BCUT2D eigenvalue weighted by atomic mass is 9.86. The molecule has 1 saturated heterocycles. The van der Waals surface area contributed by atoms with Crippen molar-refractivity contribution < 1.29 is 9.84 Å². The Labute approximate surface area is 60.6 Å². The minimum Gasteiger partial charge on any atom is -0.389 e. The molecule has 3 atom stereocenters. The van der Waals surface area contributed by atoms with E-state index in [1.807, 2.05) is 0 Å². The van der Waals surface area contributed by atoms with E-state index in [4.69, 9.17) is 29.3 Å². The van der Waals surface area contributed by atoms with E-state index in [2.05, 4.69) is 0 Å². The number of hydrogen-bond donors (Lipinski definition) is 1. The van der Waals surface area contributed by atoms with E-state index in [1.54, 1.807) is 6.92 Å². The van der Waals surface area contributed by atoms with Crippen molar-refractivity contribution >= 4 is 19.4 Å². The molecule has 0 aromatic heterocycles. The predicted molar refractivity (Wildman–Crippen MR) is 35.8 cm³/mol. The Bertz CT molecular complexity index is 106. The summed E-state index contributed by atoms with van der Waals surface area (Å²) in [7, 11) is 5.39. The molecular weight excluding hydrogens is 138 g/mol. The molecule has 4 heteroatoms. The first-order valence-electron chi connectivity index (χ1n) is 2.79. The molecule has 1 aliphatic rings. The number of alkyl halides is 1. The highest BCUT2D eigenvalue weighted by molar-refractivity contribution is 6.29. The third-order valence-electron chi connectivity index (χ3n) is 1.64. The molecule has 2 radical (unpaired) electrons. The van der Waals surface area contributed by atoms with E-state index in [9.17, 15) is 0 Å². The molecule has 0 unspecified atom stereocenters. The average Bonchev–Trinajstić information content (AvgIpc) is 1.96. The van der Waals surface area contributed by atoms with Crippen molar-refractivity contribution in [2.45, 2.75) is 23.9 Å². The molecule has 2 nitrogen and oxygen atoms in total. The fourth-order valence-corrected chi connectivity index (χ4v) is 0.836. The van der Waals surface area contributed by atoms with E-state index in [0.717, 1.165) is 0 Å². The summed E-state index contributed by atoms with van der Waals surface area (Å²) in [5.74, 6) is 0. The van der Waals surface area contributed by atoms with Gasteiger partial charge in [-0.2, -0.15) is 0 Å². The molecule has 9 heavy (non-hydrogen) atoms. The number of ether oxygens (including phenoxy) is 1. The van der Waals surface area contributed by atoms with Crippen molar-refractivity contribution in [3.63, 3.8) is 0 Å². The molecule has 0 spiro atoms. The molecule has 0 aromatic carbocycles. The van der Waals surface area contributed by atoms with Gasteiger partial charge in [0.1, 0.15) is 7.85 Å². The van der Waals surface area contributed by atoms with Crippen LogP contribution in [0, 0.1) is 0 Å². The summed E-state index contributed by atoms with van der Waals surface area (Å²) in [5.41, 5.74) is 0. The highest BCUT2D eigenvalue weighted by Gasteiger charge is 2.42. The topological polar surface area (TPSA) is 29.5 Å². The normalized spacial score (nSPS) is 51.9. The van der Waals surface area contributed by atoms with Crippen LogP contribution < -0.4 is 0 Å². The van der Waals surface area contributed by atoms with Gasteiger partial charge in [-0.25, -0.2) is 0 Å². The first kappa shape index (κ1) is 7.38. The molecular formula is C5H8BClO2. The second-order valence-corrected chi connectivity index (χ2v) is 3.24. The Morgan fingerprint density at radius 1 is 1.89 bits per heavy atom. The molecule has 1 N–H and O–H groups in total. The van der Waals surface area contributed by atoms with Gasteiger partial charge in [-0.05, 0) is 6.92 Å². The third-order valence-corrected chi connectivity index (χ3v) is 2.11. The molecule has 0 aromatic rings. The Morgan fingerprint density at radius 2 is 2.44 bits per heavy atom. The van der Waals surface area contributed by atoms with E-state index < -0.39 is 17.0 Å². The number of aliphatic hydroxyl groups excluding tert-OH is 1. The van der Waals surface area contributed by atoms with Crippen LogP contribution in [0.2, 0.25) is 0 Å². The molecule has 0 saturated carbocycles. The van der Waals surface area contributed by atoms with Gasteiger partial charge in [0, 0.05) is 6.00 Å². The van der Waals surface area contributed by atoms with E-state index in [0.29, 0.717) is 0 Å². The lowest BCUT2D eigenvalue weighted by Crippen LogP contribution is -2.38. The van der Waals surface area contributed by atoms with Crippen molar-refractivity contribution in [1.82, 2.24) is 0 Å². The number of rotatable bonds is 0. The quantitative estimate of drug-likeness (QED) is 0.381. The number of halogens is 1. The van der Waals surface area contributed by atoms with Crippen LogP contribution in [0.5, 0.6) is 0 Å². The van der Waals surface area contributed by atoms with Crippen LogP contribution in [-0.4, -0.2) is 36.5 Å². The minimum absolute atomic E-state index is 0.237. The van der Waals surface area contributed by atoms with Gasteiger partial charge < -0.3 is 9.84 Å². The zero-order valence-electron chi connectivity index (χ0n) is 5.17. The SMILES string of the molecule is [B][C@@H]1OC[C@@H](O)[C@@]1(C)Cl. The summed E-state index contributed by atoms with van der Waals surface area (Å²) in [5, 5.41) is 9.09. The molecule has 0 aliphatic carbocycles. The summed E-state index contributed by atoms with van der Waals surface area (Å²) < 4.78 is 4.88. The van der Waals surface area contributed by atoms with Crippen molar-refractivity contribution in [3.8, 4) is 0 Å². The van der Waals surface area contributed by atoms with Crippen LogP contribution in [0.1, 0.15) is 6.92 Å². The van der Waals surface area contributed by atoms with Gasteiger partial charge in [-0.3, -0.25) is 0 Å². The summed E-state index contributed by atoms with van der Waals surface area (Å²) in [4.78, 5) is -0.806. The Morgan fingerprint density at radius 3 is 2.56 bits per heavy atom. The Hall–Kier alpha value is 0.275. The maximum absolute atomic E-state index is 9.09. The van der Waals surface area contributed by atoms with E-state index in [-0.39, 0.29) is 6.61 Å². The van der Waals surface area contributed by atoms with Crippen LogP contribution in [0.3, 0.4) is 0 Å². The fraction of sp³-hybridized carbons (Fsp3) is 1.00. The smallest absolute Gasteiger partial charge is 0.111 e. The highest BCUT2D eigenvalue weighted by Crippen LogP contribution is 2.30. The first-order valence-corrected chi connectivity index (χ1v) is 3.17. The molecule has 0 amide bonds. The van der Waals surface area contributed by atoms with E-state index >= 15 is 0 Å². The van der Waals surface area contributed by atoms with Gasteiger partial charge in [0.15, 0.2) is 0 Å². The van der Waals surface area contributed by atoms with Gasteiger partial charge in [-0.1, -0.05) is 0 Å². The van der Waals surface area contributed by atoms with Crippen LogP contribution >= 0.6 is 11.6 Å². The lowest BCUT2D eigenvalue weighted by molar-refractivity contribution is 0.116. The molecule has 1 fully saturated rings. The second-order valence-electron chi connectivity index (χ2n) is 2.42. The molecule has 1 rings (SSSR count). The molecule has 1 heterocycles. The Kier molecular flexibility index (Phi) is 1.76. The second kappa shape index (κ2) is 2.15. The summed E-state index contributed by atoms with van der Waals surface area (Å²) in [6.07, 6.45) is -0.644. The average molecular weight is 146 g/mol. The number of aliphatic hydroxyl groups is 1.